The minimum absolute atomic E-state index is 0.0251. The van der Waals surface area contributed by atoms with Gasteiger partial charge in [-0.3, -0.25) is 73.1 Å². The van der Waals surface area contributed by atoms with Crippen LogP contribution in [0.15, 0.2) is 134 Å². The van der Waals surface area contributed by atoms with Gasteiger partial charge in [-0.05, 0) is 108 Å². The Morgan fingerprint density at radius 2 is 0.983 bits per heavy atom. The fraction of sp³-hybridized carbons (Fsp3) is 0.412. The predicted octanol–water partition coefficient (Wildman–Crippen LogP) is 1.02. The number of guanidine groups is 1. The molecular formula is C80H106N20O15S. The van der Waals surface area contributed by atoms with Gasteiger partial charge in [0.1, 0.15) is 48.3 Å². The number of urea groups is 1. The summed E-state index contributed by atoms with van der Waals surface area (Å²) in [6.45, 7) is 4.42. The summed E-state index contributed by atoms with van der Waals surface area (Å²) in [7, 11) is 0. The van der Waals surface area contributed by atoms with Crippen LogP contribution in [0.1, 0.15) is 114 Å². The maximum Gasteiger partial charge on any atom is 0.322 e. The molecule has 26 N–H and O–H groups in total. The van der Waals surface area contributed by atoms with E-state index in [1.165, 1.54) is 0 Å². The molecule has 7 rings (SSSR count). The Morgan fingerprint density at radius 1 is 0.457 bits per heavy atom. The number of benzene rings is 5. The number of carbonyl (C=O) groups is 14. The van der Waals surface area contributed by atoms with E-state index in [9.17, 15) is 67.4 Å². The van der Waals surface area contributed by atoms with Crippen molar-refractivity contribution < 1.29 is 72.2 Å². The average molecular weight is 1620 g/mol. The van der Waals surface area contributed by atoms with Crippen LogP contribution in [-0.2, 0) is 83.2 Å². The molecule has 2 heterocycles. The second-order valence-electron chi connectivity index (χ2n) is 28.3. The smallest absolute Gasteiger partial charge is 0.322 e. The molecule has 15 amide bonds. The van der Waals surface area contributed by atoms with Gasteiger partial charge in [0.25, 0.3) is 17.1 Å². The number of unbranched alkanes of at least 4 members (excludes halogenated alkanes) is 2. The Kier molecular flexibility index (Phi) is 36.0. The second kappa shape index (κ2) is 46.1. The fourth-order valence-electron chi connectivity index (χ4n) is 12.9. The van der Waals surface area contributed by atoms with Crippen LogP contribution in [0.2, 0.25) is 0 Å². The molecular weight excluding hydrogens is 1510 g/mol. The molecule has 0 aliphatic carbocycles. The normalized spacial score (nSPS) is 14.0. The van der Waals surface area contributed by atoms with E-state index < -0.39 is 161 Å². The number of hydrogen-bond donors (Lipinski definition) is 21. The number of hydrogen-bond acceptors (Lipinski definition) is 18. The molecule has 35 nitrogen and oxygen atoms in total. The molecule has 0 spiro atoms. The third kappa shape index (κ3) is 28.6. The number of para-hydroxylation sites is 2. The van der Waals surface area contributed by atoms with Crippen molar-refractivity contribution in [2.75, 3.05) is 26.2 Å². The van der Waals surface area contributed by atoms with Crippen molar-refractivity contribution in [3.05, 3.63) is 156 Å². The van der Waals surface area contributed by atoms with E-state index in [1.807, 2.05) is 79.1 Å². The van der Waals surface area contributed by atoms with Crippen molar-refractivity contribution in [2.45, 2.75) is 171 Å². The van der Waals surface area contributed by atoms with Crippen molar-refractivity contribution in [1.82, 2.24) is 73.8 Å². The van der Waals surface area contributed by atoms with Crippen molar-refractivity contribution in [2.24, 2.45) is 40.5 Å². The number of thioether (sulfide) groups is 1. The lowest BCUT2D eigenvalue weighted by molar-refractivity contribution is -0.134. The number of fused-ring (bicyclic) bond motifs is 3. The molecule has 7 aromatic rings. The number of amides is 15. The Morgan fingerprint density at radius 3 is 1.59 bits per heavy atom. The summed E-state index contributed by atoms with van der Waals surface area (Å²) < 4.78 is 0. The van der Waals surface area contributed by atoms with E-state index in [1.54, 1.807) is 80.7 Å². The van der Waals surface area contributed by atoms with E-state index in [4.69, 9.17) is 34.1 Å². The minimum atomic E-state index is -1.90. The number of rotatable bonds is 47. The number of aliphatic hydroxyl groups excluding tert-OH is 1. The lowest BCUT2D eigenvalue weighted by atomic mass is 9.97. The van der Waals surface area contributed by atoms with Gasteiger partial charge < -0.3 is 102 Å². The maximum atomic E-state index is 15.2. The zero-order valence-corrected chi connectivity index (χ0v) is 65.8. The van der Waals surface area contributed by atoms with Crippen LogP contribution < -0.4 is 92.5 Å². The van der Waals surface area contributed by atoms with Gasteiger partial charge in [-0.25, -0.2) is 4.79 Å². The fourth-order valence-corrected chi connectivity index (χ4v) is 13.7. The van der Waals surface area contributed by atoms with E-state index in [0.717, 1.165) is 44.6 Å². The first-order valence-electron chi connectivity index (χ1n) is 38.4. The summed E-state index contributed by atoms with van der Waals surface area (Å²) in [6, 6.07) is 22.6. The summed E-state index contributed by atoms with van der Waals surface area (Å²) in [6.07, 6.45) is 5.45. The molecule has 5 aromatic carbocycles. The number of aliphatic hydroxyl groups is 1. The van der Waals surface area contributed by atoms with Crippen molar-refractivity contribution in [3.63, 3.8) is 0 Å². The number of nitrogens with two attached hydrogens (primary N) is 5. The van der Waals surface area contributed by atoms with Gasteiger partial charge in [0.15, 0.2) is 11.3 Å². The zero-order chi connectivity index (χ0) is 84.4. The Balaban J connectivity index is 1.08. The number of aromatic nitrogens is 2. The van der Waals surface area contributed by atoms with Crippen LogP contribution in [0.3, 0.4) is 0 Å². The molecule has 116 heavy (non-hydrogen) atoms. The zero-order valence-electron chi connectivity index (χ0n) is 64.9. The highest BCUT2D eigenvalue weighted by Gasteiger charge is 2.37. The summed E-state index contributed by atoms with van der Waals surface area (Å²) in [4.78, 5) is 200. The van der Waals surface area contributed by atoms with Crippen molar-refractivity contribution in [1.29, 1.82) is 5.41 Å². The molecule has 2 aromatic heterocycles. The van der Waals surface area contributed by atoms with E-state index in [2.05, 4.69) is 68.5 Å². The Bertz CT molecular complexity index is 4600. The summed E-state index contributed by atoms with van der Waals surface area (Å²) in [5.74, 6) is -13.0. The van der Waals surface area contributed by atoms with Crippen LogP contribution in [0, 0.1) is 17.2 Å². The third-order valence-corrected chi connectivity index (χ3v) is 20.1. The molecule has 0 aliphatic heterocycles. The van der Waals surface area contributed by atoms with Crippen molar-refractivity contribution in [3.8, 4) is 0 Å². The molecule has 0 saturated carbocycles. The Hall–Kier alpha value is -12.4. The van der Waals surface area contributed by atoms with Crippen LogP contribution >= 0.6 is 11.8 Å². The second-order valence-corrected chi connectivity index (χ2v) is 29.4. The van der Waals surface area contributed by atoms with Crippen LogP contribution in [0.4, 0.5) is 9.59 Å². The van der Waals surface area contributed by atoms with E-state index in [-0.39, 0.29) is 82.1 Å². The molecule has 0 bridgehead atoms. The lowest BCUT2D eigenvalue weighted by Gasteiger charge is -2.27. The predicted molar refractivity (Wildman–Crippen MR) is 437 cm³/mol. The van der Waals surface area contributed by atoms with Gasteiger partial charge in [-0.15, -0.1) is 0 Å². The first-order chi connectivity index (χ1) is 55.6. The topological polar surface area (TPSA) is 589 Å². The van der Waals surface area contributed by atoms with Crippen LogP contribution in [0.25, 0.3) is 32.6 Å². The third-order valence-electron chi connectivity index (χ3n) is 19.2. The minimum Gasteiger partial charge on any atom is -0.394 e. The van der Waals surface area contributed by atoms with Gasteiger partial charge in [0.05, 0.1) is 18.9 Å². The van der Waals surface area contributed by atoms with Crippen molar-refractivity contribution >= 4 is 132 Å². The molecule has 0 aliphatic rings. The van der Waals surface area contributed by atoms with E-state index >= 15 is 4.79 Å². The molecule has 622 valence electrons. The van der Waals surface area contributed by atoms with Crippen LogP contribution in [0.5, 0.6) is 0 Å². The van der Waals surface area contributed by atoms with Gasteiger partial charge in [0.2, 0.25) is 59.1 Å². The highest BCUT2D eigenvalue weighted by molar-refractivity contribution is 8.14. The number of nitrogens with one attached hydrogen (secondary N) is 15. The Labute approximate surface area is 674 Å². The molecule has 36 heteroatoms. The molecule has 1 unspecified atom stereocenters. The average Bonchev–Trinajstić information content (AvgIpc) is 1.55. The number of H-pyrrole nitrogens is 2. The van der Waals surface area contributed by atoms with Crippen LogP contribution in [-0.4, -0.2) is 183 Å². The molecule has 0 fully saturated rings. The molecule has 0 saturated heterocycles. The highest BCUT2D eigenvalue weighted by Crippen LogP contribution is 2.24. The summed E-state index contributed by atoms with van der Waals surface area (Å²) in [5, 5.41) is 48.5. The number of imide groups is 1. The highest BCUT2D eigenvalue weighted by atomic mass is 32.2. The van der Waals surface area contributed by atoms with Gasteiger partial charge in [-0.1, -0.05) is 156 Å². The monoisotopic (exact) mass is 1620 g/mol. The SMILES string of the molecule is CCCC[C@@H](NC(=O)[C@@H](C)Cc1c[nH]c2ccccc12)C(=O)NC[C@@H](CCCCN)C(=O)N[C@@H](Cc1c[nH]c2ccccc12)C(=O)NC(Cc1ccccc1)C(=O)N[C@@H](SC(=O)N[C@@H](Cc1ccc2ccccc2c1)C(=O)N[C@@H](CCC)C(=O)N[C@@H](CO)C(=O)NC(=O)N[C@@H](CCCNC(=N)N)C(=O)N[C@@H](CC(N)=O)C(N)=O)C(N)=O. The molecule has 0 radical (unpaired) electrons. The molecule has 11 atom stereocenters. The van der Waals surface area contributed by atoms with Gasteiger partial charge >= 0.3 is 6.03 Å². The number of aromatic amines is 2. The van der Waals surface area contributed by atoms with Gasteiger partial charge in [-0.2, -0.15) is 0 Å². The maximum absolute atomic E-state index is 15.2. The largest absolute Gasteiger partial charge is 0.394 e. The number of primary amides is 3. The van der Waals surface area contributed by atoms with E-state index in [0.29, 0.717) is 55.3 Å². The first kappa shape index (κ1) is 90.7. The summed E-state index contributed by atoms with van der Waals surface area (Å²) >= 11 is 0.174. The van der Waals surface area contributed by atoms with Gasteiger partial charge in [0, 0.05) is 72.5 Å². The first-order valence-corrected chi connectivity index (χ1v) is 39.3. The lowest BCUT2D eigenvalue weighted by Crippen LogP contribution is -2.60. The standard InChI is InChI=1S/C80H106N20O15S/c1-4-6-27-58(91-68(105)45(3)35-51-42-88-55-28-14-12-25-53(51)55)70(107)90-41-50(24-16-17-33-81)69(106)94-63(39-52-43-89-56-29-15-13-26-54(52)56)74(111)95-61(37-46-20-8-7-9-21-46)75(112)99-77(67(84)104)116-80(115)98-62(38-47-31-32-48-22-10-11-23-49(48)36-47)73(110)92-57(19-5-2)71(108)96-64(44-101)76(113)100-79(114)97-59(30-18-34-87-78(85)86)72(109)93-60(66(83)103)40-65(82)102/h7-15,20-23,25-26,28-29,31-32,36,42-43,45,50,57-64,77,88-89,101H,4-6,16-19,24,27,30,33-35,37-41,44,81H2,1-3H3,(H2,82,102)(H2,83,103)(H2,84,104)(H,90,107)(H,91,105)(H,92,110)(H,93,109)(H,94,106)(H,95,111)(H,96,108)(H,98,115)(H,99,112)(H4,85,86,87)(H2,97,100,113,114)/t45-,50+,57-,58+,59-,60-,61?,62-,63-,64-,77-/m0/s1. The quantitative estimate of drug-likeness (QED) is 0.0110. The summed E-state index contributed by atoms with van der Waals surface area (Å²) in [5.41, 5.74) is 32.0. The number of carbonyl (C=O) groups excluding carboxylic acids is 14.